The number of benzene rings is 1. The zero-order valence-electron chi connectivity index (χ0n) is 10.0. The van der Waals surface area contributed by atoms with Gasteiger partial charge in [-0.15, -0.1) is 0 Å². The fourth-order valence-corrected chi connectivity index (χ4v) is 1.42. The van der Waals surface area contributed by atoms with Gasteiger partial charge in [0.1, 0.15) is 6.61 Å². The molecule has 0 amide bonds. The average Bonchev–Trinajstić information content (AvgIpc) is 2.26. The maximum absolute atomic E-state index is 11.5. The first kappa shape index (κ1) is 12.7. The second kappa shape index (κ2) is 6.28. The van der Waals surface area contributed by atoms with E-state index in [4.69, 9.17) is 9.47 Å². The predicted octanol–water partition coefficient (Wildman–Crippen LogP) is 2.32. The van der Waals surface area contributed by atoms with E-state index < -0.39 is 0 Å². The van der Waals surface area contributed by atoms with E-state index in [1.54, 1.807) is 14.0 Å². The summed E-state index contributed by atoms with van der Waals surface area (Å²) in [7, 11) is 1.57. The number of esters is 1. The van der Waals surface area contributed by atoms with Gasteiger partial charge in [-0.25, -0.2) is 0 Å². The van der Waals surface area contributed by atoms with E-state index >= 15 is 0 Å². The van der Waals surface area contributed by atoms with E-state index in [-0.39, 0.29) is 11.9 Å². The van der Waals surface area contributed by atoms with Gasteiger partial charge in [0, 0.05) is 7.11 Å². The van der Waals surface area contributed by atoms with Gasteiger partial charge in [-0.05, 0) is 19.4 Å². The molecule has 0 heterocycles. The normalized spacial score (nSPS) is 12.2. The Hall–Kier alpha value is -1.35. The molecule has 1 aromatic rings. The lowest BCUT2D eigenvalue weighted by Gasteiger charge is -2.10. The van der Waals surface area contributed by atoms with Crippen LogP contribution in [0, 0.1) is 12.8 Å². The van der Waals surface area contributed by atoms with E-state index in [0.29, 0.717) is 13.2 Å². The number of carbonyl (C=O) groups excluding carboxylic acids is 1. The number of ether oxygens (including phenoxy) is 2. The zero-order valence-corrected chi connectivity index (χ0v) is 10.0. The lowest BCUT2D eigenvalue weighted by molar-refractivity contribution is -0.150. The number of rotatable bonds is 5. The molecule has 0 N–H and O–H groups in total. The third-order valence-corrected chi connectivity index (χ3v) is 2.28. The van der Waals surface area contributed by atoms with E-state index in [1.807, 2.05) is 31.2 Å². The van der Waals surface area contributed by atoms with E-state index in [9.17, 15) is 4.79 Å². The van der Waals surface area contributed by atoms with Gasteiger partial charge in [0.15, 0.2) is 0 Å². The van der Waals surface area contributed by atoms with Crippen molar-refractivity contribution in [1.82, 2.24) is 0 Å². The van der Waals surface area contributed by atoms with Gasteiger partial charge in [-0.2, -0.15) is 0 Å². The molecule has 0 saturated heterocycles. The standard InChI is InChI=1S/C13H18O3/c1-10-5-4-6-12(7-10)9-16-13(14)11(2)8-15-3/h4-7,11H,8-9H2,1-3H3. The number of methoxy groups -OCH3 is 1. The van der Waals surface area contributed by atoms with Crippen molar-refractivity contribution in [3.05, 3.63) is 35.4 Å². The van der Waals surface area contributed by atoms with Gasteiger partial charge >= 0.3 is 5.97 Å². The molecule has 0 spiro atoms. The Bertz CT molecular complexity index is 347. The summed E-state index contributed by atoms with van der Waals surface area (Å²) >= 11 is 0. The number of hydrogen-bond donors (Lipinski definition) is 0. The summed E-state index contributed by atoms with van der Waals surface area (Å²) in [6, 6.07) is 7.92. The molecular formula is C13H18O3. The topological polar surface area (TPSA) is 35.5 Å². The van der Waals surface area contributed by atoms with Crippen molar-refractivity contribution in [2.45, 2.75) is 20.5 Å². The van der Waals surface area contributed by atoms with Gasteiger partial charge in [0.05, 0.1) is 12.5 Å². The van der Waals surface area contributed by atoms with E-state index in [0.717, 1.165) is 5.56 Å². The molecule has 1 rings (SSSR count). The highest BCUT2D eigenvalue weighted by Gasteiger charge is 2.13. The van der Waals surface area contributed by atoms with Crippen LogP contribution in [0.15, 0.2) is 24.3 Å². The zero-order chi connectivity index (χ0) is 12.0. The molecule has 0 aromatic heterocycles. The maximum Gasteiger partial charge on any atom is 0.311 e. The molecule has 3 nitrogen and oxygen atoms in total. The van der Waals surface area contributed by atoms with Crippen molar-refractivity contribution in [3.63, 3.8) is 0 Å². The van der Waals surface area contributed by atoms with Gasteiger partial charge in [-0.1, -0.05) is 29.8 Å². The summed E-state index contributed by atoms with van der Waals surface area (Å²) in [5.41, 5.74) is 2.18. The molecule has 0 fully saturated rings. The van der Waals surface area contributed by atoms with Crippen LogP contribution < -0.4 is 0 Å². The fourth-order valence-electron chi connectivity index (χ4n) is 1.42. The van der Waals surface area contributed by atoms with Crippen LogP contribution in [-0.2, 0) is 20.9 Å². The average molecular weight is 222 g/mol. The van der Waals surface area contributed by atoms with Crippen LogP contribution >= 0.6 is 0 Å². The first-order valence-corrected chi connectivity index (χ1v) is 5.34. The van der Waals surface area contributed by atoms with Crippen molar-refractivity contribution in [3.8, 4) is 0 Å². The quantitative estimate of drug-likeness (QED) is 0.717. The second-order valence-electron chi connectivity index (χ2n) is 3.95. The Morgan fingerprint density at radius 3 is 2.81 bits per heavy atom. The molecule has 0 aliphatic rings. The highest BCUT2D eigenvalue weighted by molar-refractivity contribution is 5.72. The molecule has 88 valence electrons. The minimum Gasteiger partial charge on any atom is -0.461 e. The van der Waals surface area contributed by atoms with Crippen LogP contribution in [0.25, 0.3) is 0 Å². The molecular weight excluding hydrogens is 204 g/mol. The van der Waals surface area contributed by atoms with E-state index in [1.165, 1.54) is 5.56 Å². The molecule has 1 aromatic carbocycles. The SMILES string of the molecule is COCC(C)C(=O)OCc1cccc(C)c1. The van der Waals surface area contributed by atoms with Gasteiger partial charge in [0.25, 0.3) is 0 Å². The fraction of sp³-hybridized carbons (Fsp3) is 0.462. The first-order valence-electron chi connectivity index (χ1n) is 5.34. The Labute approximate surface area is 96.4 Å². The van der Waals surface area contributed by atoms with Crippen LogP contribution in [0.1, 0.15) is 18.1 Å². The van der Waals surface area contributed by atoms with Crippen LogP contribution in [0.5, 0.6) is 0 Å². The van der Waals surface area contributed by atoms with Crippen molar-refractivity contribution in [2.24, 2.45) is 5.92 Å². The molecule has 0 radical (unpaired) electrons. The third-order valence-electron chi connectivity index (χ3n) is 2.28. The Balaban J connectivity index is 2.42. The lowest BCUT2D eigenvalue weighted by Crippen LogP contribution is -2.19. The first-order chi connectivity index (χ1) is 7.63. The van der Waals surface area contributed by atoms with Crippen LogP contribution in [0.4, 0.5) is 0 Å². The van der Waals surface area contributed by atoms with Crippen LogP contribution in [-0.4, -0.2) is 19.7 Å². The monoisotopic (exact) mass is 222 g/mol. The largest absolute Gasteiger partial charge is 0.461 e. The summed E-state index contributed by atoms with van der Waals surface area (Å²) in [5.74, 6) is -0.432. The molecule has 1 atom stereocenters. The molecule has 0 saturated carbocycles. The number of hydrogen-bond acceptors (Lipinski definition) is 3. The summed E-state index contributed by atoms with van der Waals surface area (Å²) in [6.45, 7) is 4.53. The van der Waals surface area contributed by atoms with Gasteiger partial charge < -0.3 is 9.47 Å². The summed E-state index contributed by atoms with van der Waals surface area (Å²) in [4.78, 5) is 11.5. The highest BCUT2D eigenvalue weighted by Crippen LogP contribution is 2.07. The summed E-state index contributed by atoms with van der Waals surface area (Å²) in [5, 5.41) is 0. The third kappa shape index (κ3) is 4.03. The van der Waals surface area contributed by atoms with Crippen LogP contribution in [0.3, 0.4) is 0 Å². The maximum atomic E-state index is 11.5. The van der Waals surface area contributed by atoms with Gasteiger partial charge in [-0.3, -0.25) is 4.79 Å². The molecule has 0 aliphatic carbocycles. The lowest BCUT2D eigenvalue weighted by atomic mass is 10.1. The Morgan fingerprint density at radius 2 is 2.19 bits per heavy atom. The molecule has 0 aliphatic heterocycles. The van der Waals surface area contributed by atoms with E-state index in [2.05, 4.69) is 0 Å². The molecule has 3 heteroatoms. The predicted molar refractivity (Wildman–Crippen MR) is 62.0 cm³/mol. The number of carbonyl (C=O) groups is 1. The molecule has 16 heavy (non-hydrogen) atoms. The summed E-state index contributed by atoms with van der Waals surface area (Å²) < 4.78 is 10.1. The second-order valence-corrected chi connectivity index (χ2v) is 3.95. The summed E-state index contributed by atoms with van der Waals surface area (Å²) in [6.07, 6.45) is 0. The highest BCUT2D eigenvalue weighted by atomic mass is 16.5. The van der Waals surface area contributed by atoms with Crippen molar-refractivity contribution in [2.75, 3.05) is 13.7 Å². The molecule has 0 bridgehead atoms. The molecule has 1 unspecified atom stereocenters. The van der Waals surface area contributed by atoms with Crippen molar-refractivity contribution < 1.29 is 14.3 Å². The van der Waals surface area contributed by atoms with Crippen LogP contribution in [0.2, 0.25) is 0 Å². The Morgan fingerprint density at radius 1 is 1.44 bits per heavy atom. The minimum absolute atomic E-state index is 0.213. The van der Waals surface area contributed by atoms with Gasteiger partial charge in [0.2, 0.25) is 0 Å². The smallest absolute Gasteiger partial charge is 0.311 e. The Kier molecular flexibility index (Phi) is 4.99. The number of aryl methyl sites for hydroxylation is 1. The van der Waals surface area contributed by atoms with Crippen molar-refractivity contribution in [1.29, 1.82) is 0 Å². The minimum atomic E-state index is -0.219. The van der Waals surface area contributed by atoms with Crippen molar-refractivity contribution >= 4 is 5.97 Å².